The van der Waals surface area contributed by atoms with Crippen LogP contribution in [0.4, 0.5) is 0 Å². The Labute approximate surface area is 159 Å². The summed E-state index contributed by atoms with van der Waals surface area (Å²) >= 11 is 0. The van der Waals surface area contributed by atoms with Gasteiger partial charge in [-0.15, -0.1) is 0 Å². The Hall–Kier alpha value is -1.42. The van der Waals surface area contributed by atoms with Gasteiger partial charge in [0.1, 0.15) is 6.29 Å². The maximum absolute atomic E-state index is 11.4. The molecule has 2 aliphatic rings. The van der Waals surface area contributed by atoms with E-state index in [1.165, 1.54) is 51.4 Å². The van der Waals surface area contributed by atoms with Gasteiger partial charge in [0.25, 0.3) is 0 Å². The lowest BCUT2D eigenvalue weighted by Gasteiger charge is -2.37. The first-order chi connectivity index (χ1) is 12.4. The number of ether oxygens (including phenoxy) is 2. The lowest BCUT2D eigenvalue weighted by Crippen LogP contribution is -2.29. The van der Waals surface area contributed by atoms with Crippen molar-refractivity contribution >= 4 is 12.3 Å². The highest BCUT2D eigenvalue weighted by molar-refractivity contribution is 5.86. The van der Waals surface area contributed by atoms with Gasteiger partial charge in [0.05, 0.1) is 12.7 Å². The summed E-state index contributed by atoms with van der Waals surface area (Å²) in [6.07, 6.45) is 11.4. The zero-order valence-electron chi connectivity index (χ0n) is 16.8. The van der Waals surface area contributed by atoms with E-state index in [4.69, 9.17) is 9.47 Å². The summed E-state index contributed by atoms with van der Waals surface area (Å²) in [5.41, 5.74) is 1.07. The summed E-state index contributed by atoms with van der Waals surface area (Å²) in [5, 5.41) is 0. The minimum absolute atomic E-state index is 0.241. The number of esters is 1. The van der Waals surface area contributed by atoms with E-state index >= 15 is 0 Å². The van der Waals surface area contributed by atoms with Crippen LogP contribution in [0.25, 0.3) is 0 Å². The largest absolute Gasteiger partial charge is 0.462 e. The van der Waals surface area contributed by atoms with Crippen molar-refractivity contribution in [2.75, 3.05) is 13.7 Å². The van der Waals surface area contributed by atoms with Crippen molar-refractivity contribution in [2.45, 2.75) is 71.3 Å². The van der Waals surface area contributed by atoms with E-state index in [0.29, 0.717) is 29.8 Å². The van der Waals surface area contributed by atoms with Crippen molar-refractivity contribution < 1.29 is 19.1 Å². The first-order valence-corrected chi connectivity index (χ1v) is 9.83. The van der Waals surface area contributed by atoms with Gasteiger partial charge >= 0.3 is 5.97 Å². The van der Waals surface area contributed by atoms with Gasteiger partial charge < -0.3 is 9.47 Å². The summed E-state index contributed by atoms with van der Waals surface area (Å²) in [7, 11) is 1.84. The van der Waals surface area contributed by atoms with Crippen molar-refractivity contribution in [2.24, 2.45) is 17.8 Å². The molecule has 0 atom stereocenters. The van der Waals surface area contributed by atoms with Crippen LogP contribution in [0.3, 0.4) is 0 Å². The van der Waals surface area contributed by atoms with Crippen LogP contribution in [0.15, 0.2) is 24.3 Å². The molecule has 0 radical (unpaired) electrons. The van der Waals surface area contributed by atoms with Crippen molar-refractivity contribution in [1.29, 1.82) is 0 Å². The average Bonchev–Trinajstić information content (AvgIpc) is 2.67. The van der Waals surface area contributed by atoms with Crippen LogP contribution in [-0.2, 0) is 19.1 Å². The molecule has 4 nitrogen and oxygen atoms in total. The van der Waals surface area contributed by atoms with Gasteiger partial charge in [-0.1, -0.05) is 13.2 Å². The van der Waals surface area contributed by atoms with Crippen molar-refractivity contribution in [1.82, 2.24) is 0 Å². The van der Waals surface area contributed by atoms with Crippen molar-refractivity contribution in [3.05, 3.63) is 24.3 Å². The Morgan fingerprint density at radius 3 is 1.81 bits per heavy atom. The van der Waals surface area contributed by atoms with E-state index in [9.17, 15) is 9.59 Å². The molecule has 0 aromatic carbocycles. The number of methoxy groups -OCH3 is 1. The summed E-state index contributed by atoms with van der Waals surface area (Å²) in [6, 6.07) is 0. The molecule has 0 N–H and O–H groups in total. The number of hydrogen-bond donors (Lipinski definition) is 0. The number of hydrogen-bond acceptors (Lipinski definition) is 4. The zero-order chi connectivity index (χ0) is 19.5. The molecule has 0 aromatic rings. The third-order valence-electron chi connectivity index (χ3n) is 5.61. The van der Waals surface area contributed by atoms with Crippen LogP contribution >= 0.6 is 0 Å². The molecular weight excluding hydrogens is 328 g/mol. The van der Waals surface area contributed by atoms with Crippen LogP contribution in [0.2, 0.25) is 0 Å². The fourth-order valence-electron chi connectivity index (χ4n) is 3.94. The molecule has 0 bridgehead atoms. The number of rotatable bonds is 6. The molecule has 0 aromatic heterocycles. The molecule has 4 heteroatoms. The van der Waals surface area contributed by atoms with Gasteiger partial charge in [0.2, 0.25) is 0 Å². The SMILES string of the molecule is C=C(C)C(=O)OCC1CCC(C2CCC(OC)CC2)CC1.C=C(C)C=O. The minimum Gasteiger partial charge on any atom is -0.462 e. The van der Waals surface area contributed by atoms with Gasteiger partial charge in [0.15, 0.2) is 0 Å². The van der Waals surface area contributed by atoms with Crippen LogP contribution < -0.4 is 0 Å². The second kappa shape index (κ2) is 12.1. The molecule has 148 valence electrons. The summed E-state index contributed by atoms with van der Waals surface area (Å²) in [6.45, 7) is 10.9. The smallest absolute Gasteiger partial charge is 0.333 e. The van der Waals surface area contributed by atoms with Gasteiger partial charge in [-0.05, 0) is 88.5 Å². The monoisotopic (exact) mass is 364 g/mol. The highest BCUT2D eigenvalue weighted by Gasteiger charge is 2.31. The van der Waals surface area contributed by atoms with Crippen molar-refractivity contribution in [3.63, 3.8) is 0 Å². The standard InChI is InChI=1S/C18H30O3.C4H6O/c1-13(2)18(19)21-12-14-4-6-15(7-5-14)16-8-10-17(20-3)11-9-16;1-4(2)3-5/h14-17H,1,4-12H2,2-3H3;3H,1H2,2H3. The first-order valence-electron chi connectivity index (χ1n) is 9.83. The maximum atomic E-state index is 11.4. The molecule has 2 rings (SSSR count). The molecule has 0 spiro atoms. The summed E-state index contributed by atoms with van der Waals surface area (Å²) in [5.74, 6) is 2.10. The molecule has 0 heterocycles. The van der Waals surface area contributed by atoms with E-state index in [0.717, 1.165) is 18.1 Å². The second-order valence-electron chi connectivity index (χ2n) is 7.90. The average molecular weight is 365 g/mol. The third-order valence-corrected chi connectivity index (χ3v) is 5.61. The Balaban J connectivity index is 0.000000597. The molecule has 0 aliphatic heterocycles. The summed E-state index contributed by atoms with van der Waals surface area (Å²) in [4.78, 5) is 20.8. The quantitative estimate of drug-likeness (QED) is 0.383. The number of carbonyl (C=O) groups excluding carboxylic acids is 2. The van der Waals surface area contributed by atoms with Crippen molar-refractivity contribution in [3.8, 4) is 0 Å². The first kappa shape index (κ1) is 22.6. The van der Waals surface area contributed by atoms with Gasteiger partial charge in [-0.2, -0.15) is 0 Å². The maximum Gasteiger partial charge on any atom is 0.333 e. The molecule has 0 amide bonds. The van der Waals surface area contributed by atoms with Crippen LogP contribution in [0.5, 0.6) is 0 Å². The number of carbonyl (C=O) groups is 2. The van der Waals surface area contributed by atoms with Gasteiger partial charge in [-0.25, -0.2) is 4.79 Å². The van der Waals surface area contributed by atoms with Crippen LogP contribution in [0, 0.1) is 17.8 Å². The molecule has 2 fully saturated rings. The predicted molar refractivity (Wildman–Crippen MR) is 105 cm³/mol. The molecule has 2 aliphatic carbocycles. The molecular formula is C22H36O4. The lowest BCUT2D eigenvalue weighted by atomic mass is 9.71. The molecule has 0 unspecified atom stereocenters. The summed E-state index contributed by atoms with van der Waals surface area (Å²) < 4.78 is 10.8. The third kappa shape index (κ3) is 8.31. The molecule has 26 heavy (non-hydrogen) atoms. The van der Waals surface area contributed by atoms with E-state index in [2.05, 4.69) is 13.2 Å². The second-order valence-corrected chi connectivity index (χ2v) is 7.90. The Bertz CT molecular complexity index is 467. The number of aldehydes is 1. The van der Waals surface area contributed by atoms with E-state index < -0.39 is 0 Å². The van der Waals surface area contributed by atoms with Gasteiger partial charge in [0, 0.05) is 12.7 Å². The van der Waals surface area contributed by atoms with Crippen LogP contribution in [-0.4, -0.2) is 32.1 Å². The zero-order valence-corrected chi connectivity index (χ0v) is 16.8. The fourth-order valence-corrected chi connectivity index (χ4v) is 3.94. The lowest BCUT2D eigenvalue weighted by molar-refractivity contribution is -0.140. The topological polar surface area (TPSA) is 52.6 Å². The fraction of sp³-hybridized carbons (Fsp3) is 0.727. The van der Waals surface area contributed by atoms with Gasteiger partial charge in [-0.3, -0.25) is 4.79 Å². The normalized spacial score (nSPS) is 28.3. The van der Waals surface area contributed by atoms with E-state index in [-0.39, 0.29) is 5.97 Å². The number of allylic oxidation sites excluding steroid dienone is 1. The highest BCUT2D eigenvalue weighted by Crippen LogP contribution is 2.40. The minimum atomic E-state index is -0.241. The van der Waals surface area contributed by atoms with Crippen LogP contribution in [0.1, 0.15) is 65.2 Å². The Kier molecular flexibility index (Phi) is 10.5. The highest BCUT2D eigenvalue weighted by atomic mass is 16.5. The van der Waals surface area contributed by atoms with E-state index in [1.54, 1.807) is 13.8 Å². The molecule has 2 saturated carbocycles. The molecule has 0 saturated heterocycles. The predicted octanol–water partition coefficient (Wildman–Crippen LogP) is 4.88. The Morgan fingerprint density at radius 2 is 1.42 bits per heavy atom. The van der Waals surface area contributed by atoms with E-state index in [1.807, 2.05) is 7.11 Å². The Morgan fingerprint density at radius 1 is 0.962 bits per heavy atom.